The SMILES string of the molecule is Cc1c(C(=O)N2CCC(CO)CC2)sc2ncnc(N[C@@H]3CCCc4ccccc43)c12. The molecule has 1 amide bonds. The van der Waals surface area contributed by atoms with E-state index in [1.165, 1.54) is 22.5 Å². The number of amides is 1. The minimum atomic E-state index is 0.0749. The maximum Gasteiger partial charge on any atom is 0.264 e. The number of hydrogen-bond donors (Lipinski definition) is 2. The fourth-order valence-electron chi connectivity index (χ4n) is 4.92. The number of rotatable bonds is 4. The molecule has 1 fully saturated rings. The minimum absolute atomic E-state index is 0.0749. The molecule has 1 aliphatic heterocycles. The van der Waals surface area contributed by atoms with Crippen molar-refractivity contribution in [2.24, 2.45) is 5.92 Å². The number of aliphatic hydroxyl groups is 1. The summed E-state index contributed by atoms with van der Waals surface area (Å²) in [6.45, 7) is 3.62. The molecule has 3 heterocycles. The molecule has 162 valence electrons. The van der Waals surface area contributed by atoms with Gasteiger partial charge in [-0.3, -0.25) is 4.79 Å². The van der Waals surface area contributed by atoms with E-state index in [0.29, 0.717) is 19.0 Å². The molecule has 2 aromatic heterocycles. The van der Waals surface area contributed by atoms with Crippen LogP contribution >= 0.6 is 11.3 Å². The zero-order chi connectivity index (χ0) is 21.4. The third-order valence-electron chi connectivity index (χ3n) is 6.76. The zero-order valence-corrected chi connectivity index (χ0v) is 18.6. The van der Waals surface area contributed by atoms with Crippen LogP contribution in [0.1, 0.15) is 58.1 Å². The highest BCUT2D eigenvalue weighted by molar-refractivity contribution is 7.20. The lowest BCUT2D eigenvalue weighted by molar-refractivity contribution is 0.0655. The van der Waals surface area contributed by atoms with Gasteiger partial charge in [-0.05, 0) is 61.6 Å². The van der Waals surface area contributed by atoms with Crippen LogP contribution in [0.25, 0.3) is 10.2 Å². The Bertz CT molecular complexity index is 1100. The molecule has 0 unspecified atom stereocenters. The van der Waals surface area contributed by atoms with Crippen LogP contribution in [-0.4, -0.2) is 45.6 Å². The Balaban J connectivity index is 1.44. The van der Waals surface area contributed by atoms with Gasteiger partial charge in [0.1, 0.15) is 17.0 Å². The summed E-state index contributed by atoms with van der Waals surface area (Å²) < 4.78 is 0. The zero-order valence-electron chi connectivity index (χ0n) is 17.8. The van der Waals surface area contributed by atoms with Gasteiger partial charge >= 0.3 is 0 Å². The summed E-state index contributed by atoms with van der Waals surface area (Å²) in [6, 6.07) is 8.84. The topological polar surface area (TPSA) is 78.4 Å². The maximum atomic E-state index is 13.3. The number of aromatic nitrogens is 2. The second-order valence-electron chi connectivity index (χ2n) is 8.66. The van der Waals surface area contributed by atoms with Gasteiger partial charge in [0.2, 0.25) is 0 Å². The number of nitrogens with one attached hydrogen (secondary N) is 1. The van der Waals surface area contributed by atoms with Gasteiger partial charge in [0.05, 0.1) is 16.3 Å². The van der Waals surface area contributed by atoms with Crippen LogP contribution in [0.15, 0.2) is 30.6 Å². The van der Waals surface area contributed by atoms with Crippen LogP contribution in [0.2, 0.25) is 0 Å². The first kappa shape index (κ1) is 20.4. The molecule has 1 aliphatic carbocycles. The highest BCUT2D eigenvalue weighted by atomic mass is 32.1. The molecule has 1 aromatic carbocycles. The number of likely N-dealkylation sites (tertiary alicyclic amines) is 1. The lowest BCUT2D eigenvalue weighted by Crippen LogP contribution is -2.39. The summed E-state index contributed by atoms with van der Waals surface area (Å²) >= 11 is 1.46. The highest BCUT2D eigenvalue weighted by Crippen LogP contribution is 2.38. The van der Waals surface area contributed by atoms with Crippen molar-refractivity contribution in [1.82, 2.24) is 14.9 Å². The summed E-state index contributed by atoms with van der Waals surface area (Å²) in [5.74, 6) is 1.21. The number of aryl methyl sites for hydroxylation is 2. The summed E-state index contributed by atoms with van der Waals surface area (Å²) in [5, 5.41) is 14.0. The first-order valence-corrected chi connectivity index (χ1v) is 12.0. The normalized spacial score (nSPS) is 19.4. The molecule has 7 heteroatoms. The Morgan fingerprint density at radius 1 is 1.23 bits per heavy atom. The predicted octanol–water partition coefficient (Wildman–Crippen LogP) is 4.33. The van der Waals surface area contributed by atoms with Crippen molar-refractivity contribution in [3.8, 4) is 0 Å². The van der Waals surface area contributed by atoms with Crippen LogP contribution in [0.3, 0.4) is 0 Å². The van der Waals surface area contributed by atoms with Gasteiger partial charge in [-0.2, -0.15) is 0 Å². The van der Waals surface area contributed by atoms with Crippen LogP contribution in [0.4, 0.5) is 5.82 Å². The molecule has 31 heavy (non-hydrogen) atoms. The molecule has 0 radical (unpaired) electrons. The number of carbonyl (C=O) groups is 1. The molecule has 0 saturated carbocycles. The number of nitrogens with zero attached hydrogens (tertiary/aromatic N) is 3. The van der Waals surface area contributed by atoms with E-state index in [2.05, 4.69) is 39.6 Å². The first-order chi connectivity index (χ1) is 15.2. The average Bonchev–Trinajstić information content (AvgIpc) is 3.16. The summed E-state index contributed by atoms with van der Waals surface area (Å²) in [5.41, 5.74) is 3.71. The molecule has 6 nitrogen and oxygen atoms in total. The minimum Gasteiger partial charge on any atom is -0.396 e. The van der Waals surface area contributed by atoms with Crippen molar-refractivity contribution in [3.05, 3.63) is 52.2 Å². The maximum absolute atomic E-state index is 13.3. The number of thiophene rings is 1. The van der Waals surface area contributed by atoms with Crippen molar-refractivity contribution in [2.75, 3.05) is 25.0 Å². The van der Waals surface area contributed by atoms with E-state index in [0.717, 1.165) is 58.6 Å². The van der Waals surface area contributed by atoms with Crippen LogP contribution in [0.5, 0.6) is 0 Å². The van der Waals surface area contributed by atoms with Crippen LogP contribution < -0.4 is 5.32 Å². The lowest BCUT2D eigenvalue weighted by Gasteiger charge is -2.31. The first-order valence-electron chi connectivity index (χ1n) is 11.1. The van der Waals surface area contributed by atoms with E-state index in [9.17, 15) is 9.90 Å². The van der Waals surface area contributed by atoms with Crippen LogP contribution in [0, 0.1) is 12.8 Å². The third kappa shape index (κ3) is 3.81. The van der Waals surface area contributed by atoms with Crippen molar-refractivity contribution in [2.45, 2.75) is 45.1 Å². The monoisotopic (exact) mass is 436 g/mol. The summed E-state index contributed by atoms with van der Waals surface area (Å²) in [7, 11) is 0. The number of aliphatic hydroxyl groups excluding tert-OH is 1. The number of benzene rings is 1. The van der Waals surface area contributed by atoms with E-state index in [1.807, 2.05) is 11.8 Å². The van der Waals surface area contributed by atoms with Gasteiger partial charge in [-0.15, -0.1) is 11.3 Å². The number of anilines is 1. The Labute approximate surface area is 186 Å². The largest absolute Gasteiger partial charge is 0.396 e. The third-order valence-corrected chi connectivity index (χ3v) is 7.95. The van der Waals surface area contributed by atoms with Gasteiger partial charge in [-0.1, -0.05) is 24.3 Å². The van der Waals surface area contributed by atoms with Crippen molar-refractivity contribution in [3.63, 3.8) is 0 Å². The fourth-order valence-corrected chi connectivity index (χ4v) is 6.03. The predicted molar refractivity (Wildman–Crippen MR) is 124 cm³/mol. The average molecular weight is 437 g/mol. The number of piperidine rings is 1. The van der Waals surface area contributed by atoms with Crippen molar-refractivity contribution >= 4 is 33.3 Å². The van der Waals surface area contributed by atoms with Gasteiger partial charge in [0.15, 0.2) is 0 Å². The Morgan fingerprint density at radius 3 is 2.84 bits per heavy atom. The van der Waals surface area contributed by atoms with Gasteiger partial charge in [-0.25, -0.2) is 9.97 Å². The Hall–Kier alpha value is -2.51. The lowest BCUT2D eigenvalue weighted by atomic mass is 9.87. The molecule has 5 rings (SSSR count). The van der Waals surface area contributed by atoms with E-state index in [4.69, 9.17) is 0 Å². The number of fused-ring (bicyclic) bond motifs is 2. The highest BCUT2D eigenvalue weighted by Gasteiger charge is 2.28. The number of hydrogen-bond acceptors (Lipinski definition) is 6. The quantitative estimate of drug-likeness (QED) is 0.636. The van der Waals surface area contributed by atoms with Gasteiger partial charge < -0.3 is 15.3 Å². The van der Waals surface area contributed by atoms with Crippen LogP contribution in [-0.2, 0) is 6.42 Å². The fraction of sp³-hybridized carbons (Fsp3) is 0.458. The molecule has 0 bridgehead atoms. The second-order valence-corrected chi connectivity index (χ2v) is 9.66. The van der Waals surface area contributed by atoms with E-state index in [1.54, 1.807) is 6.33 Å². The summed E-state index contributed by atoms with van der Waals surface area (Å²) in [6.07, 6.45) is 6.66. The van der Waals surface area contributed by atoms with Crippen molar-refractivity contribution < 1.29 is 9.90 Å². The molecule has 2 aliphatic rings. The smallest absolute Gasteiger partial charge is 0.264 e. The van der Waals surface area contributed by atoms with Crippen molar-refractivity contribution in [1.29, 1.82) is 0 Å². The van der Waals surface area contributed by atoms with E-state index < -0.39 is 0 Å². The molecular formula is C24H28N4O2S. The van der Waals surface area contributed by atoms with E-state index >= 15 is 0 Å². The molecule has 0 spiro atoms. The molecule has 1 atom stereocenters. The van der Waals surface area contributed by atoms with E-state index in [-0.39, 0.29) is 18.6 Å². The Morgan fingerprint density at radius 2 is 2.03 bits per heavy atom. The van der Waals surface area contributed by atoms with Gasteiger partial charge in [0.25, 0.3) is 5.91 Å². The standard InChI is InChI=1S/C24H28N4O2S/c1-15-20-22(27-19-8-4-6-17-5-2-3-7-18(17)19)25-14-26-23(20)31-21(15)24(30)28-11-9-16(13-29)10-12-28/h2-3,5,7,14,16,19,29H,4,6,8-13H2,1H3,(H,25,26,27)/t19-/m1/s1. The molecule has 3 aromatic rings. The summed E-state index contributed by atoms with van der Waals surface area (Å²) in [4.78, 5) is 25.8. The molecule has 2 N–H and O–H groups in total. The molecular weight excluding hydrogens is 408 g/mol. The van der Waals surface area contributed by atoms with Gasteiger partial charge in [0, 0.05) is 19.7 Å². The Kier molecular flexibility index (Phi) is 5.63. The number of carbonyl (C=O) groups excluding carboxylic acids is 1. The molecule has 1 saturated heterocycles. The second kappa shape index (κ2) is 8.55.